The smallest absolute Gasteiger partial charge is 0.306 e. The van der Waals surface area contributed by atoms with Crippen LogP contribution in [0.2, 0.25) is 0 Å². The third-order valence-electron chi connectivity index (χ3n) is 7.47. The van der Waals surface area contributed by atoms with Crippen LogP contribution >= 0.6 is 0 Å². The average molecular weight is 820 g/mol. The highest BCUT2D eigenvalue weighted by Crippen LogP contribution is 2.02. The summed E-state index contributed by atoms with van der Waals surface area (Å²) in [5.41, 5.74) is 16.0. The van der Waals surface area contributed by atoms with Gasteiger partial charge < -0.3 is 91.1 Å². The van der Waals surface area contributed by atoms with Gasteiger partial charge in [0.2, 0.25) is 0 Å². The topological polar surface area (TPSA) is 323 Å². The number of carbonyl (C=O) groups excluding carboxylic acids is 2. The number of nitrogens with one attached hydrogen (secondary N) is 1. The van der Waals surface area contributed by atoms with Gasteiger partial charge >= 0.3 is 11.9 Å². The van der Waals surface area contributed by atoms with Crippen LogP contribution in [-0.2, 0) is 47.5 Å². The van der Waals surface area contributed by atoms with Gasteiger partial charge in [-0.05, 0) is 19.3 Å². The Morgan fingerprint density at radius 3 is 1.20 bits per heavy atom. The minimum Gasteiger partial charge on any atom is -0.464 e. The number of aliphatic hydroxyl groups is 6. The van der Waals surface area contributed by atoms with Crippen molar-refractivity contribution in [2.45, 2.75) is 68.7 Å². The standard InChI is InChI=1S/C35H73N5O16/c36-16-28(41)22-49-8-1-11-52-25-31(44)19-39-6-14-55-34(47)4-5-35(48)56-15-7-40(20-32(45)26-53-12-2-9-50-23-29(42)17-37)21-33(46)27-54-13-3-10-51-24-30(43)18-38/h28-33,39,41-46H,1-27,36-38H2. The van der Waals surface area contributed by atoms with E-state index in [2.05, 4.69) is 5.32 Å². The van der Waals surface area contributed by atoms with Gasteiger partial charge in [0, 0.05) is 92.0 Å². The first-order valence-electron chi connectivity index (χ1n) is 19.4. The quantitative estimate of drug-likeness (QED) is 0.0204. The number of nitrogens with two attached hydrogens (primary N) is 3. The van der Waals surface area contributed by atoms with E-state index in [0.717, 1.165) is 0 Å². The number of hydrogen-bond donors (Lipinski definition) is 10. The number of hydrogen-bond acceptors (Lipinski definition) is 21. The summed E-state index contributed by atoms with van der Waals surface area (Å²) in [7, 11) is 0. The Morgan fingerprint density at radius 1 is 0.482 bits per heavy atom. The SMILES string of the molecule is NCC(O)COCCCOCC(O)CNCCOC(=O)CCC(=O)OCCN(CC(O)COCCCOCC(O)CN)CC(O)COCCCOCC(O)CN. The molecule has 21 nitrogen and oxygen atoms in total. The van der Waals surface area contributed by atoms with E-state index in [9.17, 15) is 40.2 Å². The Labute approximate surface area is 330 Å². The molecule has 0 aliphatic rings. The van der Waals surface area contributed by atoms with Crippen LogP contribution in [0.25, 0.3) is 0 Å². The van der Waals surface area contributed by atoms with Crippen LogP contribution in [0.15, 0.2) is 0 Å². The lowest BCUT2D eigenvalue weighted by Crippen LogP contribution is -2.42. The molecular formula is C35H73N5O16. The van der Waals surface area contributed by atoms with Crippen molar-refractivity contribution in [3.63, 3.8) is 0 Å². The molecule has 21 heteroatoms. The molecule has 0 rings (SSSR count). The third-order valence-corrected chi connectivity index (χ3v) is 7.47. The van der Waals surface area contributed by atoms with Crippen molar-refractivity contribution in [3.8, 4) is 0 Å². The van der Waals surface area contributed by atoms with Gasteiger partial charge in [0.15, 0.2) is 0 Å². The molecule has 334 valence electrons. The van der Waals surface area contributed by atoms with Gasteiger partial charge in [0.05, 0.1) is 89.1 Å². The van der Waals surface area contributed by atoms with Gasteiger partial charge in [0.1, 0.15) is 13.2 Å². The molecule has 0 aromatic heterocycles. The molecule has 0 amide bonds. The molecule has 56 heavy (non-hydrogen) atoms. The van der Waals surface area contributed by atoms with Crippen LogP contribution < -0.4 is 22.5 Å². The lowest BCUT2D eigenvalue weighted by molar-refractivity contribution is -0.150. The van der Waals surface area contributed by atoms with E-state index in [1.807, 2.05) is 0 Å². The molecule has 0 fully saturated rings. The van der Waals surface area contributed by atoms with E-state index >= 15 is 0 Å². The molecule has 0 saturated heterocycles. The molecule has 0 heterocycles. The van der Waals surface area contributed by atoms with E-state index < -0.39 is 48.6 Å². The first-order chi connectivity index (χ1) is 27.0. The minimum atomic E-state index is -0.917. The Kier molecular flexibility index (Phi) is 37.6. The summed E-state index contributed by atoms with van der Waals surface area (Å²) in [5, 5.41) is 62.2. The van der Waals surface area contributed by atoms with Gasteiger partial charge in [-0.25, -0.2) is 0 Å². The second-order valence-corrected chi connectivity index (χ2v) is 13.0. The number of nitrogens with zero attached hydrogens (tertiary/aromatic N) is 1. The van der Waals surface area contributed by atoms with Crippen molar-refractivity contribution < 1.29 is 78.1 Å². The molecule has 0 radical (unpaired) electrons. The number of esters is 2. The average Bonchev–Trinajstić information content (AvgIpc) is 3.18. The van der Waals surface area contributed by atoms with Gasteiger partial charge in [-0.1, -0.05) is 0 Å². The third kappa shape index (κ3) is 36.6. The van der Waals surface area contributed by atoms with Crippen molar-refractivity contribution in [2.24, 2.45) is 17.2 Å². The molecule has 0 spiro atoms. The highest BCUT2D eigenvalue weighted by molar-refractivity contribution is 5.77. The molecule has 0 aromatic rings. The summed E-state index contributed by atoms with van der Waals surface area (Å²) in [5.74, 6) is -1.20. The normalized spacial score (nSPS) is 15.0. The van der Waals surface area contributed by atoms with Gasteiger partial charge in [-0.15, -0.1) is 0 Å². The van der Waals surface area contributed by atoms with Crippen LogP contribution in [0.4, 0.5) is 0 Å². The summed E-state index contributed by atoms with van der Waals surface area (Å²) >= 11 is 0. The lowest BCUT2D eigenvalue weighted by Gasteiger charge is -2.27. The maximum Gasteiger partial charge on any atom is 0.306 e. The molecule has 0 aromatic carbocycles. The van der Waals surface area contributed by atoms with Crippen molar-refractivity contribution in [3.05, 3.63) is 0 Å². The van der Waals surface area contributed by atoms with Gasteiger partial charge in [-0.3, -0.25) is 14.5 Å². The first-order valence-corrected chi connectivity index (χ1v) is 19.4. The molecule has 0 aliphatic carbocycles. The van der Waals surface area contributed by atoms with E-state index in [-0.39, 0.29) is 118 Å². The molecule has 6 atom stereocenters. The Hall–Kier alpha value is -1.74. The molecule has 6 unspecified atom stereocenters. The molecular weight excluding hydrogens is 746 g/mol. The van der Waals surface area contributed by atoms with Crippen LogP contribution in [-0.4, -0.2) is 229 Å². The lowest BCUT2D eigenvalue weighted by atomic mass is 10.2. The number of ether oxygens (including phenoxy) is 8. The van der Waals surface area contributed by atoms with Crippen molar-refractivity contribution in [1.82, 2.24) is 10.2 Å². The monoisotopic (exact) mass is 820 g/mol. The Balaban J connectivity index is 4.37. The zero-order valence-electron chi connectivity index (χ0n) is 33.0. The predicted molar refractivity (Wildman–Crippen MR) is 202 cm³/mol. The maximum absolute atomic E-state index is 12.3. The molecule has 0 bridgehead atoms. The second kappa shape index (κ2) is 38.8. The van der Waals surface area contributed by atoms with Crippen molar-refractivity contribution in [1.29, 1.82) is 0 Å². The fourth-order valence-electron chi connectivity index (χ4n) is 4.47. The van der Waals surface area contributed by atoms with Crippen molar-refractivity contribution in [2.75, 3.05) is 145 Å². The van der Waals surface area contributed by atoms with Gasteiger partial charge in [0.25, 0.3) is 0 Å². The fraction of sp³-hybridized carbons (Fsp3) is 0.943. The number of carbonyl (C=O) groups is 2. The van der Waals surface area contributed by atoms with Crippen LogP contribution in [0.1, 0.15) is 32.1 Å². The summed E-state index contributed by atoms with van der Waals surface area (Å²) in [6.45, 7) is 3.96. The number of aliphatic hydroxyl groups excluding tert-OH is 6. The fourth-order valence-corrected chi connectivity index (χ4v) is 4.47. The highest BCUT2D eigenvalue weighted by atomic mass is 16.5. The highest BCUT2D eigenvalue weighted by Gasteiger charge is 2.18. The zero-order chi connectivity index (χ0) is 41.7. The molecule has 0 saturated carbocycles. The van der Waals surface area contributed by atoms with Gasteiger partial charge in [-0.2, -0.15) is 0 Å². The Morgan fingerprint density at radius 2 is 0.821 bits per heavy atom. The van der Waals surface area contributed by atoms with E-state index in [4.69, 9.17) is 55.1 Å². The largest absolute Gasteiger partial charge is 0.464 e. The van der Waals surface area contributed by atoms with E-state index in [1.165, 1.54) is 0 Å². The van der Waals surface area contributed by atoms with Crippen LogP contribution in [0.5, 0.6) is 0 Å². The summed E-state index contributed by atoms with van der Waals surface area (Å²) in [6, 6.07) is 0. The van der Waals surface area contributed by atoms with E-state index in [1.54, 1.807) is 4.90 Å². The van der Waals surface area contributed by atoms with Crippen molar-refractivity contribution >= 4 is 11.9 Å². The molecule has 13 N–H and O–H groups in total. The maximum atomic E-state index is 12.3. The molecule has 0 aliphatic heterocycles. The van der Waals surface area contributed by atoms with E-state index in [0.29, 0.717) is 58.9 Å². The van der Waals surface area contributed by atoms with Crippen LogP contribution in [0, 0.1) is 0 Å². The Bertz CT molecular complexity index is 873. The second-order valence-electron chi connectivity index (χ2n) is 13.0. The minimum absolute atomic E-state index is 0.0140. The summed E-state index contributed by atoms with van der Waals surface area (Å²) in [4.78, 5) is 26.1. The summed E-state index contributed by atoms with van der Waals surface area (Å²) in [6.07, 6.45) is -3.40. The summed E-state index contributed by atoms with van der Waals surface area (Å²) < 4.78 is 42.7. The number of rotatable bonds is 42. The van der Waals surface area contributed by atoms with Crippen LogP contribution in [0.3, 0.4) is 0 Å². The zero-order valence-corrected chi connectivity index (χ0v) is 33.0. The predicted octanol–water partition coefficient (Wildman–Crippen LogP) is -4.94. The first kappa shape index (κ1) is 54.3.